The normalized spacial score (nSPS) is 19.5. The lowest BCUT2D eigenvalue weighted by Crippen LogP contribution is -2.30. The highest BCUT2D eigenvalue weighted by atomic mass is 32.1. The summed E-state index contributed by atoms with van der Waals surface area (Å²) in [5, 5.41) is 7.33. The molecule has 0 saturated carbocycles. The van der Waals surface area contributed by atoms with Gasteiger partial charge in [0, 0.05) is 35.7 Å². The standard InChI is InChI=1S/C20H23N5S2/c1-4-10-24-18(17(23-19(24)26)16-7-5-6-8-21-16)15-12-13(2)25(14(15)3)20-22-9-11-27-20/h5-9,11-12,17-18H,4,10H2,1-3H3,(H,23,26)/t17-,18+/m0/s1. The number of aromatic nitrogens is 3. The predicted molar refractivity (Wildman–Crippen MR) is 113 cm³/mol. The second-order valence-electron chi connectivity index (χ2n) is 6.80. The van der Waals surface area contributed by atoms with E-state index in [1.807, 2.05) is 29.9 Å². The average Bonchev–Trinajstić information content (AvgIpc) is 3.36. The number of rotatable bonds is 5. The highest BCUT2D eigenvalue weighted by Gasteiger charge is 2.41. The number of thiazole rings is 1. The summed E-state index contributed by atoms with van der Waals surface area (Å²) in [7, 11) is 0. The maximum Gasteiger partial charge on any atom is 0.193 e. The zero-order chi connectivity index (χ0) is 19.0. The number of nitrogens with zero attached hydrogens (tertiary/aromatic N) is 4. The molecule has 1 N–H and O–H groups in total. The molecule has 5 nitrogen and oxygen atoms in total. The third-order valence-corrected chi connectivity index (χ3v) is 6.17. The summed E-state index contributed by atoms with van der Waals surface area (Å²) in [5.74, 6) is 0. The minimum Gasteiger partial charge on any atom is -0.352 e. The van der Waals surface area contributed by atoms with E-state index in [9.17, 15) is 0 Å². The van der Waals surface area contributed by atoms with Gasteiger partial charge in [-0.1, -0.05) is 13.0 Å². The minimum absolute atomic E-state index is 0.0375. The van der Waals surface area contributed by atoms with E-state index < -0.39 is 0 Å². The molecule has 27 heavy (non-hydrogen) atoms. The van der Waals surface area contributed by atoms with E-state index in [2.05, 4.69) is 57.7 Å². The molecule has 1 aliphatic rings. The summed E-state index contributed by atoms with van der Waals surface area (Å²) in [4.78, 5) is 11.4. The van der Waals surface area contributed by atoms with Crippen molar-refractivity contribution in [3.63, 3.8) is 0 Å². The van der Waals surface area contributed by atoms with Crippen molar-refractivity contribution in [3.05, 3.63) is 64.7 Å². The van der Waals surface area contributed by atoms with Crippen LogP contribution in [0.25, 0.3) is 5.13 Å². The maximum absolute atomic E-state index is 5.69. The van der Waals surface area contributed by atoms with E-state index in [4.69, 9.17) is 12.2 Å². The first-order valence-corrected chi connectivity index (χ1v) is 10.5. The van der Waals surface area contributed by atoms with Crippen LogP contribution in [0.1, 0.15) is 48.1 Å². The summed E-state index contributed by atoms with van der Waals surface area (Å²) in [5.41, 5.74) is 4.69. The van der Waals surface area contributed by atoms with Crippen molar-refractivity contribution in [2.24, 2.45) is 0 Å². The largest absolute Gasteiger partial charge is 0.352 e. The molecule has 3 aromatic rings. The van der Waals surface area contributed by atoms with Gasteiger partial charge in [0.15, 0.2) is 10.2 Å². The van der Waals surface area contributed by atoms with Crippen molar-refractivity contribution >= 4 is 28.7 Å². The SMILES string of the molecule is CCCN1C(=S)N[C@@H](c2ccccn2)[C@H]1c1cc(C)n(-c2nccs2)c1C. The first-order valence-electron chi connectivity index (χ1n) is 9.18. The van der Waals surface area contributed by atoms with Gasteiger partial charge in [0.05, 0.1) is 17.8 Å². The van der Waals surface area contributed by atoms with Gasteiger partial charge in [-0.05, 0) is 56.2 Å². The third-order valence-electron chi connectivity index (χ3n) is 5.06. The van der Waals surface area contributed by atoms with Crippen LogP contribution in [0.15, 0.2) is 42.0 Å². The highest BCUT2D eigenvalue weighted by molar-refractivity contribution is 7.80. The number of hydrogen-bond donors (Lipinski definition) is 1. The lowest BCUT2D eigenvalue weighted by atomic mass is 9.96. The Labute approximate surface area is 169 Å². The Morgan fingerprint density at radius 3 is 2.74 bits per heavy atom. The van der Waals surface area contributed by atoms with Gasteiger partial charge < -0.3 is 10.2 Å². The zero-order valence-electron chi connectivity index (χ0n) is 15.7. The fourth-order valence-corrected chi connectivity index (χ4v) is 5.02. The molecule has 4 rings (SSSR count). The summed E-state index contributed by atoms with van der Waals surface area (Å²) in [6, 6.07) is 8.48. The molecule has 0 aliphatic carbocycles. The first kappa shape index (κ1) is 18.1. The van der Waals surface area contributed by atoms with Crippen LogP contribution in [-0.2, 0) is 0 Å². The van der Waals surface area contributed by atoms with Crippen LogP contribution in [0.4, 0.5) is 0 Å². The lowest BCUT2D eigenvalue weighted by Gasteiger charge is -2.27. The smallest absolute Gasteiger partial charge is 0.193 e. The summed E-state index contributed by atoms with van der Waals surface area (Å²) < 4.78 is 2.24. The number of aryl methyl sites for hydroxylation is 1. The Hall–Kier alpha value is -2.25. The van der Waals surface area contributed by atoms with Crippen molar-refractivity contribution in [2.45, 2.75) is 39.3 Å². The minimum atomic E-state index is 0.0375. The molecule has 4 heterocycles. The Kier molecular flexibility index (Phi) is 4.97. The average molecular weight is 398 g/mol. The lowest BCUT2D eigenvalue weighted by molar-refractivity contribution is 0.316. The van der Waals surface area contributed by atoms with E-state index in [1.165, 1.54) is 17.0 Å². The molecule has 1 saturated heterocycles. The molecule has 1 fully saturated rings. The molecule has 7 heteroatoms. The monoisotopic (exact) mass is 397 g/mol. The summed E-state index contributed by atoms with van der Waals surface area (Å²) in [6.07, 6.45) is 4.74. The van der Waals surface area contributed by atoms with Crippen LogP contribution < -0.4 is 5.32 Å². The van der Waals surface area contributed by atoms with Crippen LogP contribution in [0.3, 0.4) is 0 Å². The van der Waals surface area contributed by atoms with Crippen molar-refractivity contribution in [1.82, 2.24) is 24.8 Å². The summed E-state index contributed by atoms with van der Waals surface area (Å²) >= 11 is 7.35. The van der Waals surface area contributed by atoms with Gasteiger partial charge in [-0.3, -0.25) is 9.55 Å². The van der Waals surface area contributed by atoms with E-state index in [0.717, 1.165) is 28.9 Å². The summed E-state index contributed by atoms with van der Waals surface area (Å²) in [6.45, 7) is 7.41. The van der Waals surface area contributed by atoms with Gasteiger partial charge in [0.1, 0.15) is 0 Å². The maximum atomic E-state index is 5.69. The van der Waals surface area contributed by atoms with Crippen molar-refractivity contribution < 1.29 is 0 Å². The van der Waals surface area contributed by atoms with E-state index in [-0.39, 0.29) is 12.1 Å². The Morgan fingerprint density at radius 1 is 1.22 bits per heavy atom. The number of nitrogens with one attached hydrogen (secondary N) is 1. The molecule has 3 aromatic heterocycles. The second-order valence-corrected chi connectivity index (χ2v) is 8.06. The third kappa shape index (κ3) is 3.15. The molecule has 0 radical (unpaired) electrons. The van der Waals surface area contributed by atoms with Gasteiger partial charge in [-0.15, -0.1) is 11.3 Å². The number of hydrogen-bond acceptors (Lipinski definition) is 4. The Morgan fingerprint density at radius 2 is 2.07 bits per heavy atom. The molecule has 0 aromatic carbocycles. The van der Waals surface area contributed by atoms with E-state index in [1.54, 1.807) is 11.3 Å². The van der Waals surface area contributed by atoms with Crippen molar-refractivity contribution in [1.29, 1.82) is 0 Å². The fraction of sp³-hybridized carbons (Fsp3) is 0.350. The van der Waals surface area contributed by atoms with Crippen LogP contribution in [0.2, 0.25) is 0 Å². The zero-order valence-corrected chi connectivity index (χ0v) is 17.3. The molecular weight excluding hydrogens is 374 g/mol. The van der Waals surface area contributed by atoms with Gasteiger partial charge >= 0.3 is 0 Å². The van der Waals surface area contributed by atoms with Gasteiger partial charge in [0.2, 0.25) is 0 Å². The first-order chi connectivity index (χ1) is 13.1. The van der Waals surface area contributed by atoms with E-state index in [0.29, 0.717) is 0 Å². The number of thiocarbonyl (C=S) groups is 1. The Bertz CT molecular complexity index is 933. The molecule has 0 bridgehead atoms. The van der Waals surface area contributed by atoms with Crippen molar-refractivity contribution in [3.8, 4) is 5.13 Å². The highest BCUT2D eigenvalue weighted by Crippen LogP contribution is 2.41. The predicted octanol–water partition coefficient (Wildman–Crippen LogP) is 4.33. The van der Waals surface area contributed by atoms with Gasteiger partial charge in [-0.25, -0.2) is 4.98 Å². The van der Waals surface area contributed by atoms with Crippen LogP contribution in [-0.4, -0.2) is 31.1 Å². The molecule has 1 aliphatic heterocycles. The van der Waals surface area contributed by atoms with Crippen LogP contribution in [0, 0.1) is 13.8 Å². The van der Waals surface area contributed by atoms with Crippen molar-refractivity contribution in [2.75, 3.05) is 6.54 Å². The van der Waals surface area contributed by atoms with Gasteiger partial charge in [-0.2, -0.15) is 0 Å². The molecular formula is C20H23N5S2. The molecule has 0 amide bonds. The quantitative estimate of drug-likeness (QED) is 0.650. The number of pyridine rings is 1. The molecule has 0 spiro atoms. The molecule has 2 atom stereocenters. The van der Waals surface area contributed by atoms with E-state index >= 15 is 0 Å². The van der Waals surface area contributed by atoms with Gasteiger partial charge in [0.25, 0.3) is 0 Å². The van der Waals surface area contributed by atoms with Crippen LogP contribution in [0.5, 0.6) is 0 Å². The second kappa shape index (κ2) is 7.40. The Balaban J connectivity index is 1.83. The molecule has 140 valence electrons. The topological polar surface area (TPSA) is 46.0 Å². The fourth-order valence-electron chi connectivity index (χ4n) is 3.93. The molecule has 0 unspecified atom stereocenters. The van der Waals surface area contributed by atoms with Crippen LogP contribution >= 0.6 is 23.6 Å².